The van der Waals surface area contributed by atoms with Crippen molar-refractivity contribution >= 4 is 11.8 Å². The number of ether oxygens (including phenoxy) is 1. The number of carbonyl (C=O) groups excluding carboxylic acids is 1. The molecular weight excluding hydrogens is 228 g/mol. The molecule has 1 N–H and O–H groups in total. The van der Waals surface area contributed by atoms with Gasteiger partial charge in [-0.1, -0.05) is 13.8 Å². The Hall–Kier alpha value is -1.71. The van der Waals surface area contributed by atoms with E-state index in [2.05, 4.69) is 24.1 Å². The maximum Gasteiger partial charge on any atom is 0.412 e. The summed E-state index contributed by atoms with van der Waals surface area (Å²) in [5.41, 5.74) is 3.28. The predicted molar refractivity (Wildman–Crippen MR) is 74.7 cm³/mol. The van der Waals surface area contributed by atoms with Crippen molar-refractivity contribution in [3.8, 4) is 5.75 Å². The van der Waals surface area contributed by atoms with Crippen molar-refractivity contribution < 1.29 is 9.53 Å². The summed E-state index contributed by atoms with van der Waals surface area (Å²) in [7, 11) is 5.58. The Morgan fingerprint density at radius 2 is 1.94 bits per heavy atom. The molecule has 0 atom stereocenters. The number of hydrogen-bond donors (Lipinski definition) is 1. The van der Waals surface area contributed by atoms with Crippen LogP contribution in [0.3, 0.4) is 0 Å². The van der Waals surface area contributed by atoms with Gasteiger partial charge in [-0.15, -0.1) is 0 Å². The second-order valence-corrected chi connectivity index (χ2v) is 4.87. The fourth-order valence-corrected chi connectivity index (χ4v) is 1.80. The highest BCUT2D eigenvalue weighted by Gasteiger charge is 2.14. The summed E-state index contributed by atoms with van der Waals surface area (Å²) in [6.07, 6.45) is -0.439. The maximum absolute atomic E-state index is 11.3. The van der Waals surface area contributed by atoms with Crippen LogP contribution in [0.4, 0.5) is 10.5 Å². The Balaban J connectivity index is 3.23. The third-order valence-electron chi connectivity index (χ3n) is 2.83. The van der Waals surface area contributed by atoms with E-state index in [-0.39, 0.29) is 0 Å². The third-order valence-corrected chi connectivity index (χ3v) is 2.83. The monoisotopic (exact) mass is 250 g/mol. The van der Waals surface area contributed by atoms with E-state index in [1.165, 1.54) is 5.56 Å². The zero-order chi connectivity index (χ0) is 13.9. The van der Waals surface area contributed by atoms with Gasteiger partial charge in [-0.3, -0.25) is 0 Å². The van der Waals surface area contributed by atoms with Gasteiger partial charge in [-0.05, 0) is 36.1 Å². The van der Waals surface area contributed by atoms with E-state index >= 15 is 0 Å². The number of amides is 1. The molecule has 0 fully saturated rings. The van der Waals surface area contributed by atoms with Gasteiger partial charge in [-0.25, -0.2) is 4.79 Å². The topological polar surface area (TPSA) is 41.6 Å². The summed E-state index contributed by atoms with van der Waals surface area (Å²) in [6, 6.07) is 4.00. The molecule has 100 valence electrons. The molecule has 4 nitrogen and oxygen atoms in total. The normalized spacial score (nSPS) is 10.4. The molecule has 0 heterocycles. The van der Waals surface area contributed by atoms with Crippen LogP contribution in [-0.4, -0.2) is 27.2 Å². The maximum atomic E-state index is 11.3. The molecule has 1 amide bonds. The van der Waals surface area contributed by atoms with E-state index in [1.807, 2.05) is 33.2 Å². The smallest absolute Gasteiger partial charge is 0.410 e. The van der Waals surface area contributed by atoms with Crippen LogP contribution in [0.15, 0.2) is 12.1 Å². The molecule has 0 spiro atoms. The molecule has 0 unspecified atom stereocenters. The number of benzene rings is 1. The first-order valence-electron chi connectivity index (χ1n) is 6.08. The Morgan fingerprint density at radius 3 is 2.39 bits per heavy atom. The molecule has 18 heavy (non-hydrogen) atoms. The lowest BCUT2D eigenvalue weighted by atomic mass is 9.98. The van der Waals surface area contributed by atoms with Gasteiger partial charge < -0.3 is 15.0 Å². The lowest BCUT2D eigenvalue weighted by molar-refractivity contribution is 0.202. The quantitative estimate of drug-likeness (QED) is 0.896. The second kappa shape index (κ2) is 5.76. The number of anilines is 1. The lowest BCUT2D eigenvalue weighted by Gasteiger charge is -2.22. The minimum atomic E-state index is -0.439. The van der Waals surface area contributed by atoms with E-state index in [4.69, 9.17) is 4.74 Å². The molecule has 4 heteroatoms. The Morgan fingerprint density at radius 1 is 1.33 bits per heavy atom. The van der Waals surface area contributed by atoms with Crippen LogP contribution >= 0.6 is 0 Å². The van der Waals surface area contributed by atoms with Gasteiger partial charge in [0, 0.05) is 26.8 Å². The molecule has 0 saturated carbocycles. The Bertz CT molecular complexity index is 440. The van der Waals surface area contributed by atoms with Gasteiger partial charge in [-0.2, -0.15) is 0 Å². The Kier molecular flexibility index (Phi) is 4.59. The molecule has 0 aliphatic rings. The van der Waals surface area contributed by atoms with Crippen LogP contribution in [-0.2, 0) is 0 Å². The van der Waals surface area contributed by atoms with E-state index in [1.54, 1.807) is 7.05 Å². The summed E-state index contributed by atoms with van der Waals surface area (Å²) in [5, 5.41) is 2.46. The summed E-state index contributed by atoms with van der Waals surface area (Å²) in [6.45, 7) is 6.19. The van der Waals surface area contributed by atoms with E-state index in [0.29, 0.717) is 11.7 Å². The van der Waals surface area contributed by atoms with Gasteiger partial charge in [0.2, 0.25) is 0 Å². The highest BCUT2D eigenvalue weighted by atomic mass is 16.6. The third kappa shape index (κ3) is 3.15. The molecule has 0 aliphatic heterocycles. The average Bonchev–Trinajstić information content (AvgIpc) is 2.30. The van der Waals surface area contributed by atoms with Gasteiger partial charge in [0.05, 0.1) is 0 Å². The summed E-state index contributed by atoms with van der Waals surface area (Å²) in [4.78, 5) is 13.4. The van der Waals surface area contributed by atoms with E-state index < -0.39 is 6.09 Å². The van der Waals surface area contributed by atoms with Crippen LogP contribution in [0.2, 0.25) is 0 Å². The van der Waals surface area contributed by atoms with Gasteiger partial charge in [0.15, 0.2) is 0 Å². The van der Waals surface area contributed by atoms with Gasteiger partial charge >= 0.3 is 6.09 Å². The minimum Gasteiger partial charge on any atom is -0.410 e. The van der Waals surface area contributed by atoms with Crippen LogP contribution in [0, 0.1) is 6.92 Å². The first-order chi connectivity index (χ1) is 8.36. The van der Waals surface area contributed by atoms with Gasteiger partial charge in [0.1, 0.15) is 5.75 Å². The van der Waals surface area contributed by atoms with Crippen LogP contribution in [0.5, 0.6) is 5.75 Å². The molecule has 0 saturated heterocycles. The molecule has 0 radical (unpaired) electrons. The lowest BCUT2D eigenvalue weighted by Crippen LogP contribution is -2.22. The van der Waals surface area contributed by atoms with Crippen molar-refractivity contribution in [3.63, 3.8) is 0 Å². The van der Waals surface area contributed by atoms with Crippen molar-refractivity contribution in [1.29, 1.82) is 0 Å². The SMILES string of the molecule is CNC(=O)Oc1cc(C(C)C)c(N(C)C)cc1C. The standard InChI is InChI=1S/C14H22N2O2/c1-9(2)11-8-13(18-14(17)15-4)10(3)7-12(11)16(5)6/h7-9H,1-6H3,(H,15,17). The first kappa shape index (κ1) is 14.4. The van der Waals surface area contributed by atoms with Crippen LogP contribution in [0.25, 0.3) is 0 Å². The zero-order valence-electron chi connectivity index (χ0n) is 12.0. The second-order valence-electron chi connectivity index (χ2n) is 4.87. The average molecular weight is 250 g/mol. The number of nitrogens with one attached hydrogen (secondary N) is 1. The Labute approximate surface area is 109 Å². The van der Waals surface area contributed by atoms with E-state index in [0.717, 1.165) is 11.3 Å². The summed E-state index contributed by atoms with van der Waals surface area (Å²) < 4.78 is 5.25. The molecule has 1 rings (SSSR count). The van der Waals surface area contributed by atoms with Gasteiger partial charge in [0.25, 0.3) is 0 Å². The predicted octanol–water partition coefficient (Wildman–Crippen LogP) is 2.90. The number of carbonyl (C=O) groups is 1. The fraction of sp³-hybridized carbons (Fsp3) is 0.500. The van der Waals surface area contributed by atoms with Crippen molar-refractivity contribution in [1.82, 2.24) is 5.32 Å². The zero-order valence-corrected chi connectivity index (χ0v) is 12.0. The number of nitrogens with zero attached hydrogens (tertiary/aromatic N) is 1. The molecule has 0 bridgehead atoms. The molecule has 1 aromatic rings. The van der Waals surface area contributed by atoms with Crippen LogP contribution in [0.1, 0.15) is 30.9 Å². The largest absolute Gasteiger partial charge is 0.412 e. The minimum absolute atomic E-state index is 0.370. The van der Waals surface area contributed by atoms with Crippen molar-refractivity contribution in [2.45, 2.75) is 26.7 Å². The van der Waals surface area contributed by atoms with Crippen molar-refractivity contribution in [2.24, 2.45) is 0 Å². The summed E-state index contributed by atoms with van der Waals surface area (Å²) in [5.74, 6) is 0.985. The molecule has 0 aromatic heterocycles. The van der Waals surface area contributed by atoms with E-state index in [9.17, 15) is 4.79 Å². The van der Waals surface area contributed by atoms with Crippen molar-refractivity contribution in [3.05, 3.63) is 23.3 Å². The molecular formula is C14H22N2O2. The van der Waals surface area contributed by atoms with Crippen LogP contribution < -0.4 is 15.0 Å². The number of hydrogen-bond acceptors (Lipinski definition) is 3. The number of aryl methyl sites for hydroxylation is 1. The van der Waals surface area contributed by atoms with Crippen molar-refractivity contribution in [2.75, 3.05) is 26.0 Å². The summed E-state index contributed by atoms with van der Waals surface area (Å²) >= 11 is 0. The fourth-order valence-electron chi connectivity index (χ4n) is 1.80. The molecule has 1 aromatic carbocycles. The highest BCUT2D eigenvalue weighted by molar-refractivity contribution is 5.71. The number of rotatable bonds is 3. The molecule has 0 aliphatic carbocycles. The highest BCUT2D eigenvalue weighted by Crippen LogP contribution is 2.33. The first-order valence-corrected chi connectivity index (χ1v) is 6.08.